The van der Waals surface area contributed by atoms with Gasteiger partial charge in [0, 0.05) is 12.8 Å². The second-order valence-electron chi connectivity index (χ2n) is 27.4. The summed E-state index contributed by atoms with van der Waals surface area (Å²) in [5, 5.41) is 54.4. The Morgan fingerprint density at radius 3 is 1.10 bits per heavy atom. The van der Waals surface area contributed by atoms with Gasteiger partial charge in [0.2, 0.25) is 5.91 Å². The van der Waals surface area contributed by atoms with Crippen molar-refractivity contribution in [3.63, 3.8) is 0 Å². The first-order chi connectivity index (χ1) is 44.2. The largest absolute Gasteiger partial charge is 0.466 e. The highest BCUT2D eigenvalue weighted by Gasteiger charge is 2.44. The summed E-state index contributed by atoms with van der Waals surface area (Å²) in [7, 11) is 0. The maximum absolute atomic E-state index is 13.1. The molecule has 0 aliphatic carbocycles. The molecule has 1 aliphatic heterocycles. The van der Waals surface area contributed by atoms with Gasteiger partial charge < -0.3 is 45.1 Å². The van der Waals surface area contributed by atoms with Crippen LogP contribution in [0.15, 0.2) is 36.5 Å². The number of carbonyl (C=O) groups is 2. The molecular weight excluding hydrogens is 1120 g/mol. The fraction of sp³-hybridized carbons (Fsp3) is 0.899. The molecule has 7 atom stereocenters. The number of nitrogens with one attached hydrogen (secondary N) is 1. The number of hydrogen-bond donors (Lipinski definition) is 6. The van der Waals surface area contributed by atoms with Crippen LogP contribution < -0.4 is 5.32 Å². The van der Waals surface area contributed by atoms with Crippen molar-refractivity contribution in [2.45, 2.75) is 436 Å². The first-order valence-electron chi connectivity index (χ1n) is 39.3. The monoisotopic (exact) mass is 1270 g/mol. The molecule has 1 aliphatic rings. The third kappa shape index (κ3) is 56.2. The molecule has 0 aromatic carbocycles. The zero-order valence-electron chi connectivity index (χ0n) is 59.1. The molecule has 11 nitrogen and oxygen atoms in total. The summed E-state index contributed by atoms with van der Waals surface area (Å²) >= 11 is 0. The van der Waals surface area contributed by atoms with E-state index in [0.29, 0.717) is 19.4 Å². The number of aliphatic hydroxyl groups excluding tert-OH is 5. The molecule has 1 heterocycles. The molecule has 7 unspecified atom stereocenters. The minimum Gasteiger partial charge on any atom is -0.466 e. The average Bonchev–Trinajstić information content (AvgIpc) is 3.37. The van der Waals surface area contributed by atoms with Crippen molar-refractivity contribution < 1.29 is 49.3 Å². The Morgan fingerprint density at radius 2 is 0.722 bits per heavy atom. The van der Waals surface area contributed by atoms with Gasteiger partial charge in [-0.2, -0.15) is 0 Å². The minimum atomic E-state index is -1.57. The Morgan fingerprint density at radius 1 is 0.400 bits per heavy atom. The Balaban J connectivity index is 1.88. The number of esters is 1. The van der Waals surface area contributed by atoms with Gasteiger partial charge in [-0.15, -0.1) is 0 Å². The van der Waals surface area contributed by atoms with E-state index in [2.05, 4.69) is 43.5 Å². The van der Waals surface area contributed by atoms with Gasteiger partial charge in [0.15, 0.2) is 6.29 Å². The van der Waals surface area contributed by atoms with Crippen molar-refractivity contribution in [1.29, 1.82) is 0 Å². The molecule has 1 saturated heterocycles. The van der Waals surface area contributed by atoms with Gasteiger partial charge in [0.1, 0.15) is 24.4 Å². The SMILES string of the molecule is CCCCCCC/C=C/CC/C=C/C(O)C(COC1OC(CO)C(O)C(O)C1O)NC(=O)CCCCCCCCCCCCCCCCCCC/C=C\CCCCCCCCCCCCCCCCCCCCOC(=O)CCCCCCCCCCCCCC. The molecule has 530 valence electrons. The van der Waals surface area contributed by atoms with Crippen molar-refractivity contribution >= 4 is 11.9 Å². The van der Waals surface area contributed by atoms with E-state index in [-0.39, 0.29) is 18.5 Å². The molecule has 1 rings (SSSR count). The summed E-state index contributed by atoms with van der Waals surface area (Å²) in [6.45, 7) is 4.35. The predicted molar refractivity (Wildman–Crippen MR) is 380 cm³/mol. The summed E-state index contributed by atoms with van der Waals surface area (Å²) in [6.07, 6.45) is 79.1. The van der Waals surface area contributed by atoms with Gasteiger partial charge in [-0.3, -0.25) is 9.59 Å². The molecule has 1 amide bonds. The lowest BCUT2D eigenvalue weighted by atomic mass is 9.99. The molecule has 0 bridgehead atoms. The number of rotatable bonds is 70. The fourth-order valence-corrected chi connectivity index (χ4v) is 12.6. The standard InChI is InChI=1S/C79H149NO10/c1-3-5-7-9-11-13-15-47-51-55-59-63-67-75(84)88-68-64-60-56-52-48-44-42-40-38-36-34-32-30-28-26-24-22-20-18-16-17-19-21-23-25-27-29-31-33-35-37-39-41-43-46-50-54-58-62-66-74(83)80-71(70-89-79-78(87)77(86)76(85)73(69-81)90-79)72(82)65-61-57-53-49-45-14-12-10-8-6-4-2/h16-17,45,49,61,65,71-73,76-79,81-82,85-87H,3-15,18-44,46-48,50-60,62-64,66-70H2,1-2H3,(H,80,83)/b17-16-,49-45+,65-61+. The second-order valence-corrected chi connectivity index (χ2v) is 27.4. The van der Waals surface area contributed by atoms with Crippen LogP contribution in [-0.2, 0) is 23.8 Å². The molecule has 0 aromatic heterocycles. The Labute approximate surface area is 555 Å². The maximum Gasteiger partial charge on any atom is 0.305 e. The Hall–Kier alpha value is -2.12. The van der Waals surface area contributed by atoms with Gasteiger partial charge in [-0.05, 0) is 70.6 Å². The summed E-state index contributed by atoms with van der Waals surface area (Å²) < 4.78 is 16.7. The highest BCUT2D eigenvalue weighted by molar-refractivity contribution is 5.76. The van der Waals surface area contributed by atoms with Crippen molar-refractivity contribution in [2.75, 3.05) is 19.8 Å². The third-order valence-corrected chi connectivity index (χ3v) is 18.7. The third-order valence-electron chi connectivity index (χ3n) is 18.7. The zero-order chi connectivity index (χ0) is 65.1. The van der Waals surface area contributed by atoms with E-state index in [1.165, 1.54) is 315 Å². The van der Waals surface area contributed by atoms with Gasteiger partial charge >= 0.3 is 5.97 Å². The number of unbranched alkanes of at least 4 members (excludes halogenated alkanes) is 52. The van der Waals surface area contributed by atoms with Crippen LogP contribution >= 0.6 is 0 Å². The number of ether oxygens (including phenoxy) is 3. The van der Waals surface area contributed by atoms with Crippen LogP contribution in [0.2, 0.25) is 0 Å². The predicted octanol–water partition coefficient (Wildman–Crippen LogP) is 20.9. The van der Waals surface area contributed by atoms with E-state index in [9.17, 15) is 35.1 Å². The Kier molecular flexibility index (Phi) is 65.2. The van der Waals surface area contributed by atoms with Crippen LogP contribution in [-0.4, -0.2) is 100 Å². The van der Waals surface area contributed by atoms with Crippen molar-refractivity contribution in [3.8, 4) is 0 Å². The van der Waals surface area contributed by atoms with Crippen LogP contribution in [0.25, 0.3) is 0 Å². The van der Waals surface area contributed by atoms with Gasteiger partial charge in [-0.1, -0.05) is 346 Å². The molecule has 6 N–H and O–H groups in total. The lowest BCUT2D eigenvalue weighted by Gasteiger charge is -2.40. The topological polar surface area (TPSA) is 175 Å². The van der Waals surface area contributed by atoms with Crippen molar-refractivity contribution in [1.82, 2.24) is 5.32 Å². The molecule has 0 spiro atoms. The molecule has 90 heavy (non-hydrogen) atoms. The minimum absolute atomic E-state index is 0.0178. The lowest BCUT2D eigenvalue weighted by molar-refractivity contribution is -0.302. The van der Waals surface area contributed by atoms with E-state index in [4.69, 9.17) is 14.2 Å². The zero-order valence-corrected chi connectivity index (χ0v) is 59.1. The van der Waals surface area contributed by atoms with Gasteiger partial charge in [0.25, 0.3) is 0 Å². The van der Waals surface area contributed by atoms with Crippen LogP contribution in [0.3, 0.4) is 0 Å². The number of aliphatic hydroxyl groups is 5. The second kappa shape index (κ2) is 68.3. The van der Waals surface area contributed by atoms with E-state index in [1.54, 1.807) is 6.08 Å². The smallest absolute Gasteiger partial charge is 0.305 e. The van der Waals surface area contributed by atoms with Crippen LogP contribution in [0.5, 0.6) is 0 Å². The van der Waals surface area contributed by atoms with Gasteiger partial charge in [-0.25, -0.2) is 0 Å². The van der Waals surface area contributed by atoms with Gasteiger partial charge in [0.05, 0.1) is 32.0 Å². The lowest BCUT2D eigenvalue weighted by Crippen LogP contribution is -2.60. The number of allylic oxidation sites excluding steroid dienone is 5. The molecule has 11 heteroatoms. The summed E-state index contributed by atoms with van der Waals surface area (Å²) in [5.74, 6) is -0.169. The average molecular weight is 1270 g/mol. The molecule has 0 saturated carbocycles. The molecule has 0 aromatic rings. The highest BCUT2D eigenvalue weighted by atomic mass is 16.7. The van der Waals surface area contributed by atoms with Crippen LogP contribution in [0.4, 0.5) is 0 Å². The van der Waals surface area contributed by atoms with E-state index in [1.807, 2.05) is 6.08 Å². The Bertz CT molecular complexity index is 1590. The molecule has 0 radical (unpaired) electrons. The normalized spacial score (nSPS) is 17.8. The number of hydrogen-bond acceptors (Lipinski definition) is 10. The summed E-state index contributed by atoms with van der Waals surface area (Å²) in [4.78, 5) is 25.1. The fourth-order valence-electron chi connectivity index (χ4n) is 12.6. The van der Waals surface area contributed by atoms with E-state index in [0.717, 1.165) is 51.4 Å². The number of carbonyl (C=O) groups excluding carboxylic acids is 2. The molecular formula is C79H149NO10. The maximum atomic E-state index is 13.1. The van der Waals surface area contributed by atoms with Crippen molar-refractivity contribution in [2.24, 2.45) is 0 Å². The van der Waals surface area contributed by atoms with Crippen LogP contribution in [0, 0.1) is 0 Å². The summed E-state index contributed by atoms with van der Waals surface area (Å²) in [5.41, 5.74) is 0. The first-order valence-corrected chi connectivity index (χ1v) is 39.3. The summed E-state index contributed by atoms with van der Waals surface area (Å²) in [6, 6.07) is -0.823. The van der Waals surface area contributed by atoms with E-state index < -0.39 is 49.5 Å². The van der Waals surface area contributed by atoms with E-state index >= 15 is 0 Å². The number of amides is 1. The first kappa shape index (κ1) is 85.9. The molecule has 1 fully saturated rings. The van der Waals surface area contributed by atoms with Crippen molar-refractivity contribution in [3.05, 3.63) is 36.5 Å². The quantitative estimate of drug-likeness (QED) is 0.0195. The van der Waals surface area contributed by atoms with Crippen LogP contribution in [0.1, 0.15) is 393 Å². The highest BCUT2D eigenvalue weighted by Crippen LogP contribution is 2.24.